The molecule has 0 spiro atoms. The average Bonchev–Trinajstić information content (AvgIpc) is 2.95. The first-order valence-corrected chi connectivity index (χ1v) is 9.61. The van der Waals surface area contributed by atoms with Gasteiger partial charge in [-0.15, -0.1) is 11.3 Å². The van der Waals surface area contributed by atoms with Crippen LogP contribution >= 0.6 is 23.1 Å². The highest BCUT2D eigenvalue weighted by atomic mass is 32.2. The van der Waals surface area contributed by atoms with Gasteiger partial charge in [-0.25, -0.2) is 17.9 Å². The number of urea groups is 1. The largest absolute Gasteiger partial charge is 0.333 e. The minimum atomic E-state index is -3.39. The summed E-state index contributed by atoms with van der Waals surface area (Å²) in [6.07, 6.45) is 0. The van der Waals surface area contributed by atoms with Crippen LogP contribution in [0.4, 0.5) is 4.79 Å². The zero-order valence-electron chi connectivity index (χ0n) is 11.1. The maximum absolute atomic E-state index is 11.9. The van der Waals surface area contributed by atoms with Gasteiger partial charge in [0, 0.05) is 29.5 Å². The number of amides is 2. The Labute approximate surface area is 127 Å². The van der Waals surface area contributed by atoms with Crippen molar-refractivity contribution in [3.63, 3.8) is 0 Å². The number of carbonyl (C=O) groups is 1. The van der Waals surface area contributed by atoms with Crippen LogP contribution in [0.5, 0.6) is 0 Å². The van der Waals surface area contributed by atoms with E-state index in [9.17, 15) is 13.2 Å². The maximum Gasteiger partial charge on any atom is 0.317 e. The Hall–Kier alpha value is -0.770. The molecule has 0 unspecified atom stereocenters. The molecule has 2 amide bonds. The molecule has 0 saturated carbocycles. The van der Waals surface area contributed by atoms with E-state index in [1.165, 1.54) is 18.4 Å². The highest BCUT2D eigenvalue weighted by molar-refractivity contribution is 7.99. The van der Waals surface area contributed by atoms with Crippen LogP contribution in [0.15, 0.2) is 16.3 Å². The summed E-state index contributed by atoms with van der Waals surface area (Å²) in [6, 6.07) is 3.19. The van der Waals surface area contributed by atoms with Crippen molar-refractivity contribution in [1.82, 2.24) is 14.9 Å². The second kappa shape index (κ2) is 6.79. The van der Waals surface area contributed by atoms with E-state index in [1.807, 2.05) is 11.8 Å². The molecule has 0 aliphatic carbocycles. The van der Waals surface area contributed by atoms with E-state index < -0.39 is 10.0 Å². The normalized spacial score (nSPS) is 16.1. The minimum absolute atomic E-state index is 0.0864. The molecule has 20 heavy (non-hydrogen) atoms. The van der Waals surface area contributed by atoms with Crippen molar-refractivity contribution in [2.24, 2.45) is 0 Å². The zero-order chi connectivity index (χ0) is 14.6. The third-order valence-electron chi connectivity index (χ3n) is 2.88. The molecule has 1 saturated heterocycles. The standard InChI is InChI=1S/C11H17N3O3S3/c1-12-20(16,17)10-3-2-9(19-10)8-13-11(15)14-4-6-18-7-5-14/h2-3,12H,4-8H2,1H3,(H,13,15). The number of hydrogen-bond acceptors (Lipinski definition) is 5. The molecule has 2 heterocycles. The van der Waals surface area contributed by atoms with Gasteiger partial charge in [0.15, 0.2) is 0 Å². The lowest BCUT2D eigenvalue weighted by atomic mass is 10.4. The molecule has 2 N–H and O–H groups in total. The summed E-state index contributed by atoms with van der Waals surface area (Å²) in [7, 11) is -2.01. The molecule has 0 bridgehead atoms. The van der Waals surface area contributed by atoms with Crippen molar-refractivity contribution in [2.75, 3.05) is 31.6 Å². The fourth-order valence-corrected chi connectivity index (χ4v) is 4.78. The number of thioether (sulfide) groups is 1. The van der Waals surface area contributed by atoms with Crippen molar-refractivity contribution in [3.05, 3.63) is 17.0 Å². The SMILES string of the molecule is CNS(=O)(=O)c1ccc(CNC(=O)N2CCSCC2)s1. The number of hydrogen-bond donors (Lipinski definition) is 2. The van der Waals surface area contributed by atoms with Crippen molar-refractivity contribution in [3.8, 4) is 0 Å². The van der Waals surface area contributed by atoms with Crippen LogP contribution in [-0.2, 0) is 16.6 Å². The average molecular weight is 335 g/mol. The second-order valence-electron chi connectivity index (χ2n) is 4.19. The number of sulfonamides is 1. The van der Waals surface area contributed by atoms with E-state index in [1.54, 1.807) is 17.0 Å². The van der Waals surface area contributed by atoms with Crippen LogP contribution in [0.1, 0.15) is 4.88 Å². The lowest BCUT2D eigenvalue weighted by Gasteiger charge is -2.26. The minimum Gasteiger partial charge on any atom is -0.333 e. The fourth-order valence-electron chi connectivity index (χ4n) is 1.74. The van der Waals surface area contributed by atoms with Crippen LogP contribution in [-0.4, -0.2) is 51.0 Å². The van der Waals surface area contributed by atoms with E-state index in [2.05, 4.69) is 10.0 Å². The van der Waals surface area contributed by atoms with Gasteiger partial charge in [0.2, 0.25) is 10.0 Å². The van der Waals surface area contributed by atoms with E-state index >= 15 is 0 Å². The number of nitrogens with zero attached hydrogens (tertiary/aromatic N) is 1. The molecule has 1 fully saturated rings. The smallest absolute Gasteiger partial charge is 0.317 e. The first kappa shape index (κ1) is 15.6. The Bertz CT molecular complexity index is 564. The number of thiophene rings is 1. The molecular weight excluding hydrogens is 318 g/mol. The molecule has 0 radical (unpaired) electrons. The Morgan fingerprint density at radius 2 is 2.05 bits per heavy atom. The van der Waals surface area contributed by atoms with Crippen LogP contribution in [0.3, 0.4) is 0 Å². The quantitative estimate of drug-likeness (QED) is 0.857. The Kier molecular flexibility index (Phi) is 5.30. The van der Waals surface area contributed by atoms with E-state index in [4.69, 9.17) is 0 Å². The third kappa shape index (κ3) is 3.87. The molecule has 1 aliphatic heterocycles. The summed E-state index contributed by atoms with van der Waals surface area (Å²) < 4.78 is 25.7. The van der Waals surface area contributed by atoms with E-state index in [-0.39, 0.29) is 10.2 Å². The van der Waals surface area contributed by atoms with Crippen LogP contribution in [0.25, 0.3) is 0 Å². The number of nitrogens with one attached hydrogen (secondary N) is 2. The Morgan fingerprint density at radius 1 is 1.35 bits per heavy atom. The Morgan fingerprint density at radius 3 is 2.70 bits per heavy atom. The van der Waals surface area contributed by atoms with Crippen LogP contribution < -0.4 is 10.0 Å². The molecule has 9 heteroatoms. The van der Waals surface area contributed by atoms with Gasteiger partial charge in [-0.1, -0.05) is 0 Å². The zero-order valence-corrected chi connectivity index (χ0v) is 13.5. The number of carbonyl (C=O) groups excluding carboxylic acids is 1. The van der Waals surface area contributed by atoms with Crippen molar-refractivity contribution < 1.29 is 13.2 Å². The summed E-state index contributed by atoms with van der Waals surface area (Å²) in [4.78, 5) is 14.5. The fraction of sp³-hybridized carbons (Fsp3) is 0.545. The molecule has 1 aromatic rings. The summed E-state index contributed by atoms with van der Waals surface area (Å²) in [5, 5.41) is 2.82. The third-order valence-corrected chi connectivity index (χ3v) is 6.82. The van der Waals surface area contributed by atoms with Crippen molar-refractivity contribution in [2.45, 2.75) is 10.8 Å². The van der Waals surface area contributed by atoms with Crippen LogP contribution in [0.2, 0.25) is 0 Å². The Balaban J connectivity index is 1.89. The molecule has 6 nitrogen and oxygen atoms in total. The summed E-state index contributed by atoms with van der Waals surface area (Å²) in [5.74, 6) is 1.94. The number of rotatable bonds is 4. The van der Waals surface area contributed by atoms with Gasteiger partial charge >= 0.3 is 6.03 Å². The molecule has 1 aromatic heterocycles. The lowest BCUT2D eigenvalue weighted by molar-refractivity contribution is 0.202. The highest BCUT2D eigenvalue weighted by Crippen LogP contribution is 2.21. The summed E-state index contributed by atoms with van der Waals surface area (Å²) >= 11 is 3.01. The summed E-state index contributed by atoms with van der Waals surface area (Å²) in [6.45, 7) is 1.88. The van der Waals surface area contributed by atoms with Crippen molar-refractivity contribution in [1.29, 1.82) is 0 Å². The van der Waals surface area contributed by atoms with E-state index in [0.29, 0.717) is 6.54 Å². The van der Waals surface area contributed by atoms with Gasteiger partial charge in [-0.2, -0.15) is 11.8 Å². The molecule has 2 rings (SSSR count). The monoisotopic (exact) mass is 335 g/mol. The van der Waals surface area contributed by atoms with Gasteiger partial charge in [0.1, 0.15) is 4.21 Å². The van der Waals surface area contributed by atoms with Gasteiger partial charge in [-0.3, -0.25) is 0 Å². The van der Waals surface area contributed by atoms with Gasteiger partial charge in [0.25, 0.3) is 0 Å². The first-order valence-electron chi connectivity index (χ1n) is 6.16. The van der Waals surface area contributed by atoms with E-state index in [0.717, 1.165) is 29.5 Å². The van der Waals surface area contributed by atoms with Gasteiger partial charge < -0.3 is 10.2 Å². The second-order valence-corrected chi connectivity index (χ2v) is 8.69. The lowest BCUT2D eigenvalue weighted by Crippen LogP contribution is -2.43. The van der Waals surface area contributed by atoms with Gasteiger partial charge in [-0.05, 0) is 19.2 Å². The maximum atomic E-state index is 11.9. The molecule has 0 atom stereocenters. The van der Waals surface area contributed by atoms with Crippen LogP contribution in [0, 0.1) is 0 Å². The molecule has 112 valence electrons. The molecule has 1 aliphatic rings. The topological polar surface area (TPSA) is 78.5 Å². The van der Waals surface area contributed by atoms with Gasteiger partial charge in [0.05, 0.1) is 6.54 Å². The van der Waals surface area contributed by atoms with Crippen molar-refractivity contribution >= 4 is 39.2 Å². The summed E-state index contributed by atoms with van der Waals surface area (Å²) in [5.41, 5.74) is 0. The first-order chi connectivity index (χ1) is 9.53. The highest BCUT2D eigenvalue weighted by Gasteiger charge is 2.17. The predicted molar refractivity (Wildman–Crippen MR) is 81.7 cm³/mol. The molecular formula is C11H17N3O3S3. The molecule has 0 aromatic carbocycles. The predicted octanol–water partition coefficient (Wildman–Crippen LogP) is 0.915.